The van der Waals surface area contributed by atoms with Crippen LogP contribution in [0.1, 0.15) is 31.1 Å². The highest BCUT2D eigenvalue weighted by molar-refractivity contribution is 7.09. The van der Waals surface area contributed by atoms with Crippen molar-refractivity contribution in [3.05, 3.63) is 16.6 Å². The highest BCUT2D eigenvalue weighted by atomic mass is 32.1. The van der Waals surface area contributed by atoms with Crippen molar-refractivity contribution in [2.45, 2.75) is 32.7 Å². The summed E-state index contributed by atoms with van der Waals surface area (Å²) in [6.07, 6.45) is 5.99. The van der Waals surface area contributed by atoms with E-state index in [1.54, 1.807) is 11.3 Å². The molecule has 1 saturated heterocycles. The van der Waals surface area contributed by atoms with Gasteiger partial charge in [-0.25, -0.2) is 0 Å². The van der Waals surface area contributed by atoms with E-state index in [2.05, 4.69) is 22.5 Å². The minimum Gasteiger partial charge on any atom is -0.316 e. The molecule has 0 aromatic carbocycles. The Morgan fingerprint density at radius 1 is 1.65 bits per heavy atom. The van der Waals surface area contributed by atoms with E-state index >= 15 is 0 Å². The smallest absolute Gasteiger partial charge is 0.0794 e. The van der Waals surface area contributed by atoms with Crippen LogP contribution in [-0.4, -0.2) is 24.6 Å². The normalized spacial score (nSPS) is 22.5. The SMILES string of the molecule is CC(CCNCc1cncs1)C1CCCNC1. The summed E-state index contributed by atoms with van der Waals surface area (Å²) in [5.41, 5.74) is 1.90. The monoisotopic (exact) mass is 253 g/mol. The lowest BCUT2D eigenvalue weighted by atomic mass is 9.85. The average molecular weight is 253 g/mol. The van der Waals surface area contributed by atoms with Gasteiger partial charge in [-0.05, 0) is 50.7 Å². The van der Waals surface area contributed by atoms with Crippen molar-refractivity contribution in [3.8, 4) is 0 Å². The molecule has 2 unspecified atom stereocenters. The maximum Gasteiger partial charge on any atom is 0.0794 e. The summed E-state index contributed by atoms with van der Waals surface area (Å²) in [6, 6.07) is 0. The molecule has 0 saturated carbocycles. The second-order valence-corrected chi connectivity index (χ2v) is 5.99. The van der Waals surface area contributed by atoms with Gasteiger partial charge in [0.25, 0.3) is 0 Å². The highest BCUT2D eigenvalue weighted by Crippen LogP contribution is 2.21. The van der Waals surface area contributed by atoms with Crippen molar-refractivity contribution in [1.82, 2.24) is 15.6 Å². The topological polar surface area (TPSA) is 37.0 Å². The molecule has 2 N–H and O–H groups in total. The molecule has 2 rings (SSSR count). The molecule has 1 fully saturated rings. The third-order valence-corrected chi connectivity index (χ3v) is 4.48. The zero-order valence-electron chi connectivity index (χ0n) is 10.6. The number of hydrogen-bond acceptors (Lipinski definition) is 4. The van der Waals surface area contributed by atoms with Gasteiger partial charge in [0.1, 0.15) is 0 Å². The van der Waals surface area contributed by atoms with Crippen molar-refractivity contribution >= 4 is 11.3 Å². The van der Waals surface area contributed by atoms with E-state index in [0.29, 0.717) is 0 Å². The number of rotatable bonds is 6. The Morgan fingerprint density at radius 2 is 2.59 bits per heavy atom. The summed E-state index contributed by atoms with van der Waals surface area (Å²) in [5, 5.41) is 7.01. The van der Waals surface area contributed by atoms with E-state index in [1.165, 1.54) is 37.2 Å². The van der Waals surface area contributed by atoms with Crippen LogP contribution in [0.4, 0.5) is 0 Å². The number of thiazole rings is 1. The zero-order valence-corrected chi connectivity index (χ0v) is 11.4. The van der Waals surface area contributed by atoms with Gasteiger partial charge in [-0.15, -0.1) is 11.3 Å². The van der Waals surface area contributed by atoms with Crippen LogP contribution < -0.4 is 10.6 Å². The molecular formula is C13H23N3S. The Bertz CT molecular complexity index is 294. The van der Waals surface area contributed by atoms with Crippen molar-refractivity contribution in [1.29, 1.82) is 0 Å². The third-order valence-electron chi connectivity index (χ3n) is 3.70. The molecule has 0 bridgehead atoms. The summed E-state index contributed by atoms with van der Waals surface area (Å²) < 4.78 is 0. The number of nitrogens with zero attached hydrogens (tertiary/aromatic N) is 1. The Kier molecular flexibility index (Phi) is 5.42. The van der Waals surface area contributed by atoms with Crippen LogP contribution in [0.25, 0.3) is 0 Å². The highest BCUT2D eigenvalue weighted by Gasteiger charge is 2.19. The Labute approximate surface area is 108 Å². The van der Waals surface area contributed by atoms with Crippen molar-refractivity contribution in [2.24, 2.45) is 11.8 Å². The molecule has 0 radical (unpaired) electrons. The minimum atomic E-state index is 0.830. The summed E-state index contributed by atoms with van der Waals surface area (Å²) in [5.74, 6) is 1.71. The van der Waals surface area contributed by atoms with E-state index in [9.17, 15) is 0 Å². The first-order valence-corrected chi connectivity index (χ1v) is 7.53. The van der Waals surface area contributed by atoms with E-state index < -0.39 is 0 Å². The summed E-state index contributed by atoms with van der Waals surface area (Å²) in [7, 11) is 0. The Morgan fingerprint density at radius 3 is 3.29 bits per heavy atom. The molecule has 1 aromatic rings. The number of nitrogens with one attached hydrogen (secondary N) is 2. The lowest BCUT2D eigenvalue weighted by Gasteiger charge is -2.28. The molecular weight excluding hydrogens is 230 g/mol. The summed E-state index contributed by atoms with van der Waals surface area (Å²) in [6.45, 7) is 6.92. The van der Waals surface area contributed by atoms with Crippen LogP contribution in [0.3, 0.4) is 0 Å². The van der Waals surface area contributed by atoms with Gasteiger partial charge in [0.2, 0.25) is 0 Å². The first kappa shape index (κ1) is 13.0. The maximum absolute atomic E-state index is 4.08. The van der Waals surface area contributed by atoms with Gasteiger partial charge >= 0.3 is 0 Å². The number of piperidine rings is 1. The van der Waals surface area contributed by atoms with E-state index in [1.807, 2.05) is 11.7 Å². The second-order valence-electron chi connectivity index (χ2n) is 5.02. The van der Waals surface area contributed by atoms with Crippen LogP contribution in [0.2, 0.25) is 0 Å². The first-order chi connectivity index (χ1) is 8.36. The van der Waals surface area contributed by atoms with E-state index in [0.717, 1.165) is 24.9 Å². The predicted molar refractivity (Wildman–Crippen MR) is 73.2 cm³/mol. The molecule has 0 amide bonds. The minimum absolute atomic E-state index is 0.830. The summed E-state index contributed by atoms with van der Waals surface area (Å²) >= 11 is 1.73. The Hall–Kier alpha value is -0.450. The molecule has 3 nitrogen and oxygen atoms in total. The van der Waals surface area contributed by atoms with Crippen molar-refractivity contribution < 1.29 is 0 Å². The van der Waals surface area contributed by atoms with Gasteiger partial charge in [0, 0.05) is 17.6 Å². The van der Waals surface area contributed by atoms with Gasteiger partial charge in [-0.3, -0.25) is 4.98 Å². The van der Waals surface area contributed by atoms with Crippen molar-refractivity contribution in [3.63, 3.8) is 0 Å². The van der Waals surface area contributed by atoms with Crippen LogP contribution in [0.5, 0.6) is 0 Å². The molecule has 96 valence electrons. The average Bonchev–Trinajstić information content (AvgIpc) is 2.88. The fraction of sp³-hybridized carbons (Fsp3) is 0.769. The number of hydrogen-bond donors (Lipinski definition) is 2. The fourth-order valence-electron chi connectivity index (χ4n) is 2.47. The molecule has 1 aromatic heterocycles. The quantitative estimate of drug-likeness (QED) is 0.764. The van der Waals surface area contributed by atoms with Gasteiger partial charge in [0.15, 0.2) is 0 Å². The third kappa shape index (κ3) is 4.37. The lowest BCUT2D eigenvalue weighted by Crippen LogP contribution is -2.34. The van der Waals surface area contributed by atoms with Gasteiger partial charge in [-0.1, -0.05) is 6.92 Å². The summed E-state index contributed by atoms with van der Waals surface area (Å²) in [4.78, 5) is 5.41. The van der Waals surface area contributed by atoms with E-state index in [-0.39, 0.29) is 0 Å². The van der Waals surface area contributed by atoms with Gasteiger partial charge < -0.3 is 10.6 Å². The second kappa shape index (κ2) is 7.09. The van der Waals surface area contributed by atoms with Crippen LogP contribution in [-0.2, 0) is 6.54 Å². The zero-order chi connectivity index (χ0) is 11.9. The molecule has 2 atom stereocenters. The first-order valence-electron chi connectivity index (χ1n) is 6.65. The molecule has 17 heavy (non-hydrogen) atoms. The molecule has 2 heterocycles. The molecule has 1 aliphatic rings. The largest absolute Gasteiger partial charge is 0.316 e. The predicted octanol–water partition coefficient (Wildman–Crippen LogP) is 2.26. The molecule has 1 aliphatic heterocycles. The van der Waals surface area contributed by atoms with Crippen LogP contribution in [0, 0.1) is 11.8 Å². The molecule has 0 spiro atoms. The standard InChI is InChI=1S/C13H23N3S/c1-11(12-3-2-5-14-7-12)4-6-15-8-13-9-16-10-17-13/h9-12,14-15H,2-8H2,1H3. The van der Waals surface area contributed by atoms with Gasteiger partial charge in [-0.2, -0.15) is 0 Å². The molecule has 0 aliphatic carbocycles. The maximum atomic E-state index is 4.08. The lowest BCUT2D eigenvalue weighted by molar-refractivity contribution is 0.266. The van der Waals surface area contributed by atoms with Gasteiger partial charge in [0.05, 0.1) is 5.51 Å². The number of aromatic nitrogens is 1. The fourth-order valence-corrected chi connectivity index (χ4v) is 3.04. The molecule has 4 heteroatoms. The van der Waals surface area contributed by atoms with Crippen molar-refractivity contribution in [2.75, 3.05) is 19.6 Å². The van der Waals surface area contributed by atoms with E-state index in [4.69, 9.17) is 0 Å². The van der Waals surface area contributed by atoms with Crippen LogP contribution in [0.15, 0.2) is 11.7 Å². The van der Waals surface area contributed by atoms with Crippen LogP contribution >= 0.6 is 11.3 Å². The Balaban J connectivity index is 1.57.